The monoisotopic (exact) mass is 348 g/mol. The molecule has 0 saturated carbocycles. The molecular formula is C17H11F3N2O3. The van der Waals surface area contributed by atoms with Crippen molar-refractivity contribution in [3.8, 4) is 5.75 Å². The Labute approximate surface area is 139 Å². The summed E-state index contributed by atoms with van der Waals surface area (Å²) in [6.45, 7) is 0. The molecule has 0 atom stereocenters. The number of benzene rings is 1. The summed E-state index contributed by atoms with van der Waals surface area (Å²) >= 11 is 0. The minimum atomic E-state index is -4.78. The molecule has 0 bridgehead atoms. The first-order chi connectivity index (χ1) is 11.9. The Morgan fingerprint density at radius 2 is 1.88 bits per heavy atom. The largest absolute Gasteiger partial charge is 0.573 e. The van der Waals surface area contributed by atoms with E-state index in [0.717, 1.165) is 16.8 Å². The van der Waals surface area contributed by atoms with Crippen LogP contribution in [0.15, 0.2) is 59.3 Å². The zero-order valence-electron chi connectivity index (χ0n) is 12.6. The Bertz CT molecular complexity index is 879. The van der Waals surface area contributed by atoms with Gasteiger partial charge in [-0.1, -0.05) is 0 Å². The molecule has 1 aromatic carbocycles. The van der Waals surface area contributed by atoms with Crippen LogP contribution in [0.25, 0.3) is 12.2 Å². The summed E-state index contributed by atoms with van der Waals surface area (Å²) < 4.78 is 46.4. The van der Waals surface area contributed by atoms with Crippen molar-refractivity contribution < 1.29 is 27.1 Å². The van der Waals surface area contributed by atoms with Crippen molar-refractivity contribution in [2.75, 3.05) is 0 Å². The summed E-state index contributed by atoms with van der Waals surface area (Å²) in [6.07, 6.45) is 1.59. The molecule has 2 heterocycles. The van der Waals surface area contributed by atoms with Crippen LogP contribution in [0.5, 0.6) is 5.75 Å². The van der Waals surface area contributed by atoms with Crippen LogP contribution in [-0.4, -0.2) is 22.1 Å². The van der Waals surface area contributed by atoms with Crippen molar-refractivity contribution in [3.63, 3.8) is 0 Å². The minimum absolute atomic E-state index is 0.180. The van der Waals surface area contributed by atoms with Gasteiger partial charge in [-0.15, -0.1) is 13.2 Å². The van der Waals surface area contributed by atoms with Gasteiger partial charge >= 0.3 is 6.36 Å². The van der Waals surface area contributed by atoms with Gasteiger partial charge in [0.05, 0.1) is 12.0 Å². The molecule has 5 nitrogen and oxygen atoms in total. The molecule has 0 aliphatic rings. The van der Waals surface area contributed by atoms with E-state index in [1.54, 1.807) is 30.4 Å². The summed E-state index contributed by atoms with van der Waals surface area (Å²) in [6, 6.07) is 9.76. The number of nitrogens with zero attached hydrogens (tertiary/aromatic N) is 2. The summed E-state index contributed by atoms with van der Waals surface area (Å²) in [5.41, 5.74) is 0.709. The Balaban J connectivity index is 1.71. The first kappa shape index (κ1) is 16.6. The zero-order chi connectivity index (χ0) is 17.9. The fraction of sp³-hybridized carbons (Fsp3) is 0.0588. The number of halogens is 3. The number of furan rings is 1. The molecule has 3 aromatic rings. The molecule has 0 aliphatic heterocycles. The van der Waals surface area contributed by atoms with Crippen molar-refractivity contribution in [1.29, 1.82) is 0 Å². The second kappa shape index (κ2) is 6.68. The highest BCUT2D eigenvalue weighted by Crippen LogP contribution is 2.23. The van der Waals surface area contributed by atoms with Gasteiger partial charge in [0, 0.05) is 11.8 Å². The molecule has 128 valence electrons. The topological polar surface area (TPSA) is 57.3 Å². The molecule has 3 rings (SSSR count). The molecule has 0 unspecified atom stereocenters. The lowest BCUT2D eigenvalue weighted by atomic mass is 10.2. The maximum absolute atomic E-state index is 12.3. The molecule has 0 radical (unpaired) electrons. The van der Waals surface area contributed by atoms with E-state index in [9.17, 15) is 18.0 Å². The van der Waals surface area contributed by atoms with Crippen LogP contribution in [0, 0.1) is 0 Å². The van der Waals surface area contributed by atoms with Crippen LogP contribution >= 0.6 is 0 Å². The molecular weight excluding hydrogens is 337 g/mol. The summed E-state index contributed by atoms with van der Waals surface area (Å²) in [4.78, 5) is 12.3. The highest BCUT2D eigenvalue weighted by molar-refractivity contribution is 5.95. The van der Waals surface area contributed by atoms with Crippen molar-refractivity contribution in [2.45, 2.75) is 6.36 Å². The fourth-order valence-corrected chi connectivity index (χ4v) is 2.03. The number of aromatic nitrogens is 2. The Morgan fingerprint density at radius 1 is 1.12 bits per heavy atom. The number of hydrogen-bond donors (Lipinski definition) is 0. The normalized spacial score (nSPS) is 11.8. The molecule has 0 saturated heterocycles. The summed E-state index contributed by atoms with van der Waals surface area (Å²) in [5, 5.41) is 4.10. The van der Waals surface area contributed by atoms with Gasteiger partial charge in [0.1, 0.15) is 11.5 Å². The van der Waals surface area contributed by atoms with Crippen molar-refractivity contribution in [1.82, 2.24) is 9.78 Å². The smallest absolute Gasteiger partial charge is 0.465 e. The van der Waals surface area contributed by atoms with Gasteiger partial charge in [0.15, 0.2) is 0 Å². The van der Waals surface area contributed by atoms with Gasteiger partial charge in [-0.3, -0.25) is 4.79 Å². The number of carbonyl (C=O) groups excluding carboxylic acids is 1. The van der Waals surface area contributed by atoms with E-state index in [4.69, 9.17) is 4.42 Å². The molecule has 0 fully saturated rings. The van der Waals surface area contributed by atoms with Gasteiger partial charge in [-0.05, 0) is 54.6 Å². The maximum atomic E-state index is 12.3. The molecule has 0 spiro atoms. The van der Waals surface area contributed by atoms with E-state index in [-0.39, 0.29) is 5.56 Å². The van der Waals surface area contributed by atoms with Gasteiger partial charge in [0.25, 0.3) is 5.91 Å². The van der Waals surface area contributed by atoms with E-state index in [0.29, 0.717) is 11.5 Å². The third kappa shape index (κ3) is 4.37. The van der Waals surface area contributed by atoms with Crippen LogP contribution in [0.3, 0.4) is 0 Å². The first-order valence-corrected chi connectivity index (χ1v) is 7.08. The third-order valence-corrected chi connectivity index (χ3v) is 3.11. The second-order valence-electron chi connectivity index (χ2n) is 4.91. The Morgan fingerprint density at radius 3 is 2.52 bits per heavy atom. The number of hydrogen-bond acceptors (Lipinski definition) is 4. The van der Waals surface area contributed by atoms with E-state index in [1.807, 2.05) is 0 Å². The molecule has 2 aromatic heterocycles. The lowest BCUT2D eigenvalue weighted by molar-refractivity contribution is -0.274. The molecule has 8 heteroatoms. The second-order valence-corrected chi connectivity index (χ2v) is 4.91. The molecule has 0 amide bonds. The predicted octanol–water partition coefficient (Wildman–Crippen LogP) is 4.23. The van der Waals surface area contributed by atoms with E-state index in [1.165, 1.54) is 24.6 Å². The number of alkyl halides is 3. The van der Waals surface area contributed by atoms with E-state index < -0.39 is 18.0 Å². The lowest BCUT2D eigenvalue weighted by Gasteiger charge is -2.08. The predicted molar refractivity (Wildman–Crippen MR) is 82.7 cm³/mol. The number of rotatable bonds is 4. The van der Waals surface area contributed by atoms with Crippen LogP contribution in [0.4, 0.5) is 13.2 Å². The summed E-state index contributed by atoms with van der Waals surface area (Å²) in [5.74, 6) is -0.232. The highest BCUT2D eigenvalue weighted by Gasteiger charge is 2.31. The molecule has 0 N–H and O–H groups in total. The SMILES string of the molecule is O=C(c1ccc(OC(F)(F)F)cc1)n1ccc(C=Cc2ccco2)n1. The van der Waals surface area contributed by atoms with E-state index in [2.05, 4.69) is 9.84 Å². The quantitative estimate of drug-likeness (QED) is 0.708. The molecule has 0 aliphatic carbocycles. The van der Waals surface area contributed by atoms with Gasteiger partial charge < -0.3 is 9.15 Å². The maximum Gasteiger partial charge on any atom is 0.573 e. The number of carbonyl (C=O) groups is 1. The van der Waals surface area contributed by atoms with Crippen LogP contribution in [-0.2, 0) is 0 Å². The van der Waals surface area contributed by atoms with Gasteiger partial charge in [0.2, 0.25) is 0 Å². The standard InChI is InChI=1S/C17H11F3N2O3/c18-17(19,20)25-15-6-3-12(4-7-15)16(23)22-10-9-13(21-22)5-8-14-2-1-11-24-14/h1-11H. The van der Waals surface area contributed by atoms with Crippen LogP contribution < -0.4 is 4.74 Å². The Kier molecular flexibility index (Phi) is 4.42. The first-order valence-electron chi connectivity index (χ1n) is 7.08. The van der Waals surface area contributed by atoms with Gasteiger partial charge in [-0.25, -0.2) is 4.68 Å². The average Bonchev–Trinajstić information content (AvgIpc) is 3.23. The average molecular weight is 348 g/mol. The van der Waals surface area contributed by atoms with Crippen molar-refractivity contribution in [3.05, 3.63) is 71.9 Å². The van der Waals surface area contributed by atoms with Gasteiger partial charge in [-0.2, -0.15) is 5.10 Å². The number of ether oxygens (including phenoxy) is 1. The van der Waals surface area contributed by atoms with Crippen LogP contribution in [0.2, 0.25) is 0 Å². The zero-order valence-corrected chi connectivity index (χ0v) is 12.6. The van der Waals surface area contributed by atoms with Crippen molar-refractivity contribution in [2.24, 2.45) is 0 Å². The minimum Gasteiger partial charge on any atom is -0.465 e. The third-order valence-electron chi connectivity index (χ3n) is 3.11. The van der Waals surface area contributed by atoms with Crippen LogP contribution in [0.1, 0.15) is 21.8 Å². The molecule has 25 heavy (non-hydrogen) atoms. The lowest BCUT2D eigenvalue weighted by Crippen LogP contribution is -2.17. The Hall–Kier alpha value is -3.29. The van der Waals surface area contributed by atoms with E-state index >= 15 is 0 Å². The summed E-state index contributed by atoms with van der Waals surface area (Å²) in [7, 11) is 0. The van der Waals surface area contributed by atoms with Crippen molar-refractivity contribution >= 4 is 18.1 Å². The fourth-order valence-electron chi connectivity index (χ4n) is 2.03. The highest BCUT2D eigenvalue weighted by atomic mass is 19.4.